The van der Waals surface area contributed by atoms with Crippen molar-refractivity contribution in [3.63, 3.8) is 0 Å². The Morgan fingerprint density at radius 3 is 1.01 bits per heavy atom. The van der Waals surface area contributed by atoms with Gasteiger partial charge >= 0.3 is 89.7 Å². The molecule has 2 aliphatic rings. The van der Waals surface area contributed by atoms with E-state index in [0.29, 0.717) is 78.9 Å². The van der Waals surface area contributed by atoms with Gasteiger partial charge in [-0.15, -0.1) is 18.2 Å². The Balaban J connectivity index is 0. The summed E-state index contributed by atoms with van der Waals surface area (Å²) in [7, 11) is -1.11. The van der Waals surface area contributed by atoms with Gasteiger partial charge in [0.15, 0.2) is 33.0 Å². The molecule has 142 heavy (non-hydrogen) atoms. The van der Waals surface area contributed by atoms with Crippen molar-refractivity contribution >= 4 is 260 Å². The number of aryl methyl sites for hydroxylation is 2. The zero-order valence-electron chi connectivity index (χ0n) is 79.3. The van der Waals surface area contributed by atoms with E-state index >= 15 is 0 Å². The predicted octanol–water partition coefficient (Wildman–Crippen LogP) is 19.1. The van der Waals surface area contributed by atoms with Crippen molar-refractivity contribution < 1.29 is 188 Å². The fraction of sp³-hybridized carbons (Fsp3) is 0.258. The number of ketones is 4. The van der Waals surface area contributed by atoms with Crippen LogP contribution < -0.4 is 70.5 Å². The van der Waals surface area contributed by atoms with Crippen molar-refractivity contribution in [2.45, 2.75) is 134 Å². The molecule has 45 heteroatoms. The van der Waals surface area contributed by atoms with Gasteiger partial charge in [-0.1, -0.05) is 167 Å². The van der Waals surface area contributed by atoms with Crippen molar-refractivity contribution in [3.05, 3.63) is 386 Å². The van der Waals surface area contributed by atoms with E-state index in [9.17, 15) is 93.8 Å². The van der Waals surface area contributed by atoms with E-state index in [1.807, 2.05) is 102 Å². The van der Waals surface area contributed by atoms with Gasteiger partial charge in [0.2, 0.25) is 0 Å². The van der Waals surface area contributed by atoms with Crippen LogP contribution in [0.5, 0.6) is 0 Å². The molecule has 0 bridgehead atoms. The normalized spacial score (nSPS) is 13.0. The molecule has 2 aliphatic heterocycles. The maximum Gasteiger partial charge on any atom is 2.00 e. The molecule has 0 aliphatic carbocycles. The number of amides is 1. The third-order valence-corrected chi connectivity index (χ3v) is 27.6. The number of carbonyl (C=O) groups excluding carboxylic acids is 5. The first kappa shape index (κ1) is 141. The van der Waals surface area contributed by atoms with Crippen molar-refractivity contribution in [2.75, 3.05) is 25.7 Å². The van der Waals surface area contributed by atoms with Crippen LogP contribution in [0.2, 0.25) is 0 Å². The number of alkyl halides is 3. The molecule has 11 aromatic rings. The van der Waals surface area contributed by atoms with E-state index in [2.05, 4.69) is 134 Å². The molecule has 2 saturated heterocycles. The second kappa shape index (κ2) is 66.8. The van der Waals surface area contributed by atoms with Crippen LogP contribution >= 0.6 is 150 Å². The van der Waals surface area contributed by atoms with E-state index in [0.717, 1.165) is 93.5 Å². The molecule has 1 amide bonds. The average Bonchev–Trinajstić information content (AvgIpc) is 1.59. The van der Waals surface area contributed by atoms with Gasteiger partial charge < -0.3 is 70.5 Å². The zero-order valence-corrected chi connectivity index (χ0v) is 104. The molecule has 11 aromatic carbocycles. The SMILES string of the molecule is CC1(C)OB(B2OC(C)(C)C(C)(C)O2)OC1(C)C.CCS(=O)(=O)Cc1ccc(C(=O)c2ccc(F)cc2F)c(Br)c1.CCS(=O)[O-].CON(C)C(=O)c1ccc(C)cc1Br.C[CH-]C.Cc1ccc(C(=O)c2ccc(F)cc2F)c(Br)c1.Fc1[c-]ccc(F)c1.Fc1ccc(I)c(F)c1.O=C(c1ccc(F)cc1F)c1ccc(C(Br)Br)cc1Br.O=C(c1ccc(F)cc1F)c1ccc(CBr)cc1Br.[Br-].[I-].[Mg+2].[Mg+2].[Na+]. The molecule has 0 aromatic heterocycles. The Morgan fingerprint density at radius 2 is 0.754 bits per heavy atom. The van der Waals surface area contributed by atoms with Crippen LogP contribution in [0.3, 0.4) is 0 Å². The Hall–Kier alpha value is -2.97. The zero-order chi connectivity index (χ0) is 104. The molecule has 2 fully saturated rings. The number of sulfone groups is 1. The molecule has 13 rings (SSSR count). The second-order valence-corrected chi connectivity index (χ2v) is 43.7. The molecule has 752 valence electrons. The minimum Gasteiger partial charge on any atom is -1.00 e. The number of benzene rings is 11. The van der Waals surface area contributed by atoms with Crippen LogP contribution in [0.4, 0.5) is 52.7 Å². The largest absolute Gasteiger partial charge is 2.00 e. The molecule has 1 atom stereocenters. The fourth-order valence-electron chi connectivity index (χ4n) is 10.9. The van der Waals surface area contributed by atoms with Gasteiger partial charge in [-0.25, -0.2) is 66.2 Å². The monoisotopic (exact) mass is 2840 g/mol. The molecule has 1 unspecified atom stereocenters. The standard InChI is InChI=1S/C16H13BrF2O3S.C14H7Br3F2O.C14H8Br2F2O.C14H9BrF2O.C12H24B2O4.C10H12BrNO2.C6H3F2I.C6H3F2.C3H7.C2H6O2S.BrH.HI.2Mg.Na/c1-2-23(21,22)9-10-3-5-12(14(17)7-10)16(20)13-6-4-11(18)8-15(13)19;15-11-5-7(14(16)17)1-3-9(11)13(20)10-4-2-8(18)6-12(10)19;15-7-8-1-3-10(12(16)5-8)14(19)11-4-2-9(17)6-13(11)18;1-8-2-4-10(12(15)6-8)14(18)11-5-3-9(16)7-13(11)17;1-9(2)10(3,4)16-13(15-9)14-17-11(5,6)12(7,8)18-14;1-7-4-5-8(9(11)6-7)10(13)12(2)14-3;7-4-1-2-6(9)5(8)3-4;7-5-2-1-3-6(8)4-5;1-3-2;1-2-5(3)4;;;;;/h3-8H,2,9H2,1H3;1-6,14H;1-6H,7H2;2-7H,1H3;1-8H3;4-6H,1-3H3;1-3H;1-2,4H;3H,1-2H3;2H2,1H3,(H,3,4);2*1H;;;/q;;;;;;;2*-1;;;;2*+2;+1/p-3. The van der Waals surface area contributed by atoms with Gasteiger partial charge in [0.1, 0.15) is 58.2 Å². The maximum absolute atomic E-state index is 13.7. The summed E-state index contributed by atoms with van der Waals surface area (Å²) in [5.41, 5.74) is 4.17. The van der Waals surface area contributed by atoms with E-state index < -0.39 is 128 Å². The van der Waals surface area contributed by atoms with Crippen LogP contribution in [0.25, 0.3) is 0 Å². The first-order chi connectivity index (χ1) is 63.7. The maximum atomic E-state index is 13.7. The minimum absolute atomic E-state index is 0. The molecule has 0 N–H and O–H groups in total. The predicted molar refractivity (Wildman–Crippen MR) is 558 cm³/mol. The average molecular weight is 2850 g/mol. The van der Waals surface area contributed by atoms with E-state index in [1.165, 1.54) is 48.6 Å². The molecule has 0 radical (unpaired) electrons. The molecule has 2 heterocycles. The summed E-state index contributed by atoms with van der Waals surface area (Å²) in [4.78, 5) is 65.4. The van der Waals surface area contributed by atoms with Gasteiger partial charge in [-0.3, -0.25) is 33.0 Å². The quantitative estimate of drug-likeness (QED) is 0.00956. The summed E-state index contributed by atoms with van der Waals surface area (Å²) in [5.74, 6) is -10.8. The third kappa shape index (κ3) is 45.1. The number of hydroxylamine groups is 2. The number of carbonyl (C=O) groups is 5. The second-order valence-electron chi connectivity index (χ2n) is 31.1. The van der Waals surface area contributed by atoms with Gasteiger partial charge in [-0.05, 0) is 257 Å². The number of rotatable bonds is 17. The fourth-order valence-corrected chi connectivity index (χ4v) is 16.1. The van der Waals surface area contributed by atoms with Gasteiger partial charge in [0.25, 0.3) is 5.91 Å². The molecular weight excluding hydrogens is 2760 g/mol. The molecule has 0 spiro atoms. The summed E-state index contributed by atoms with van der Waals surface area (Å²) < 4.78 is 223. The van der Waals surface area contributed by atoms with Crippen LogP contribution in [0, 0.1) is 99.7 Å². The minimum atomic E-state index is -3.19. The first-order valence-corrected chi connectivity index (χ1v) is 51.5. The Kier molecular flexibility index (Phi) is 66.3. The number of halogens is 23. The number of nitrogens with zero attached hydrogens (tertiary/aromatic N) is 1. The van der Waals surface area contributed by atoms with Crippen LogP contribution in [0.1, 0.15) is 189 Å². The summed E-state index contributed by atoms with van der Waals surface area (Å²) in [6.07, 6.45) is 2.00. The Bertz CT molecular complexity index is 6080. The van der Waals surface area contributed by atoms with Gasteiger partial charge in [0.05, 0.1) is 66.8 Å². The molecule has 15 nitrogen and oxygen atoms in total. The van der Waals surface area contributed by atoms with E-state index in [4.69, 9.17) is 23.5 Å². The van der Waals surface area contributed by atoms with E-state index in [1.54, 1.807) is 104 Å². The topological polar surface area (TPSA) is 209 Å². The first-order valence-electron chi connectivity index (χ1n) is 40.4. The number of hydrogen-bond acceptors (Lipinski definition) is 14. The van der Waals surface area contributed by atoms with Crippen molar-refractivity contribution in [2.24, 2.45) is 0 Å². The molecular formula is C97H91B2Br9F12I2Mg2NNaO14S2. The van der Waals surface area contributed by atoms with Crippen molar-refractivity contribution in [1.82, 2.24) is 5.06 Å². The van der Waals surface area contributed by atoms with Crippen molar-refractivity contribution in [3.8, 4) is 0 Å². The summed E-state index contributed by atoms with van der Waals surface area (Å²) in [5, 5.41) is 1.85. The number of hydrogen-bond donors (Lipinski definition) is 0. The van der Waals surface area contributed by atoms with Crippen LogP contribution in [-0.4, -0.2) is 159 Å². The van der Waals surface area contributed by atoms with E-state index in [-0.39, 0.29) is 194 Å². The Morgan fingerprint density at radius 1 is 0.472 bits per heavy atom. The summed E-state index contributed by atoms with van der Waals surface area (Å²) >= 11 is 26.4. The van der Waals surface area contributed by atoms with Gasteiger partial charge in [0, 0.05) is 114 Å². The Labute approximate surface area is 986 Å². The molecule has 0 saturated carbocycles. The van der Waals surface area contributed by atoms with Crippen LogP contribution in [-0.2, 0) is 55.5 Å². The van der Waals surface area contributed by atoms with Crippen LogP contribution in [0.15, 0.2) is 223 Å². The summed E-state index contributed by atoms with van der Waals surface area (Å²) in [6, 6.07) is 45.7. The van der Waals surface area contributed by atoms with Gasteiger partial charge in [-0.2, -0.15) is 19.9 Å². The smallest absolute Gasteiger partial charge is 1.00 e. The third-order valence-electron chi connectivity index (χ3n) is 19.6. The van der Waals surface area contributed by atoms with Crippen molar-refractivity contribution in [1.29, 1.82) is 0 Å². The summed E-state index contributed by atoms with van der Waals surface area (Å²) in [6.45, 7) is 27.2.